The van der Waals surface area contributed by atoms with Crippen LogP contribution in [0.15, 0.2) is 24.3 Å². The molecule has 19 heavy (non-hydrogen) atoms. The summed E-state index contributed by atoms with van der Waals surface area (Å²) in [6, 6.07) is 7.56. The van der Waals surface area contributed by atoms with E-state index < -0.39 is 11.9 Å². The molecule has 0 aliphatic carbocycles. The first-order valence-corrected chi connectivity index (χ1v) is 6.83. The van der Waals surface area contributed by atoms with Gasteiger partial charge in [-0.15, -0.1) is 0 Å². The second kappa shape index (κ2) is 7.79. The van der Waals surface area contributed by atoms with E-state index in [0.29, 0.717) is 12.5 Å². The van der Waals surface area contributed by atoms with Crippen LogP contribution >= 0.6 is 0 Å². The number of carbonyl (C=O) groups excluding carboxylic acids is 1. The van der Waals surface area contributed by atoms with Crippen molar-refractivity contribution in [3.05, 3.63) is 29.8 Å². The molecule has 1 rings (SSSR count). The van der Waals surface area contributed by atoms with Crippen LogP contribution in [0, 0.1) is 0 Å². The maximum absolute atomic E-state index is 11.2. The predicted octanol–water partition coefficient (Wildman–Crippen LogP) is 2.04. The van der Waals surface area contributed by atoms with Gasteiger partial charge in [-0.1, -0.05) is 32.9 Å². The minimum absolute atomic E-state index is 0.256. The maximum atomic E-state index is 11.2. The number of hydrogen-bond donors (Lipinski definition) is 2. The fourth-order valence-electron chi connectivity index (χ4n) is 1.80. The van der Waals surface area contributed by atoms with E-state index in [2.05, 4.69) is 31.3 Å². The van der Waals surface area contributed by atoms with Crippen molar-refractivity contribution in [2.24, 2.45) is 5.73 Å². The van der Waals surface area contributed by atoms with Crippen molar-refractivity contribution in [1.29, 1.82) is 0 Å². The largest absolute Gasteiger partial charge is 0.491 e. The first kappa shape index (κ1) is 15.5. The van der Waals surface area contributed by atoms with Crippen molar-refractivity contribution in [3.63, 3.8) is 0 Å². The molecule has 1 aromatic carbocycles. The van der Waals surface area contributed by atoms with E-state index in [1.807, 2.05) is 19.1 Å². The van der Waals surface area contributed by atoms with Crippen LogP contribution in [0.2, 0.25) is 0 Å². The molecule has 0 aliphatic heterocycles. The number of carbonyl (C=O) groups is 1. The van der Waals surface area contributed by atoms with Crippen molar-refractivity contribution in [1.82, 2.24) is 5.32 Å². The standard InChI is InChI=1S/C15H24N2O2/c1-4-11(3)12-6-8-13(9-7-12)19-10-14(15(16)18)17-5-2/h6-9,11,14,17H,4-5,10H2,1-3H3,(H2,16,18). The maximum Gasteiger partial charge on any atom is 0.238 e. The van der Waals surface area contributed by atoms with Gasteiger partial charge in [0.15, 0.2) is 0 Å². The van der Waals surface area contributed by atoms with Crippen LogP contribution < -0.4 is 15.8 Å². The van der Waals surface area contributed by atoms with Gasteiger partial charge in [-0.3, -0.25) is 4.79 Å². The SMILES string of the molecule is CCNC(COc1ccc(C(C)CC)cc1)C(N)=O. The Morgan fingerprint density at radius 3 is 2.42 bits per heavy atom. The molecule has 4 heteroatoms. The van der Waals surface area contributed by atoms with E-state index in [1.165, 1.54) is 5.56 Å². The molecule has 1 amide bonds. The van der Waals surface area contributed by atoms with Crippen LogP contribution in [0.1, 0.15) is 38.7 Å². The summed E-state index contributed by atoms with van der Waals surface area (Å²) in [5, 5.41) is 2.99. The summed E-state index contributed by atoms with van der Waals surface area (Å²) in [5.41, 5.74) is 6.59. The quantitative estimate of drug-likeness (QED) is 0.755. The summed E-state index contributed by atoms with van der Waals surface area (Å²) in [4.78, 5) is 11.2. The Kier molecular flexibility index (Phi) is 6.36. The van der Waals surface area contributed by atoms with Crippen molar-refractivity contribution < 1.29 is 9.53 Å². The summed E-state index contributed by atoms with van der Waals surface area (Å²) in [7, 11) is 0. The lowest BCUT2D eigenvalue weighted by molar-refractivity contribution is -0.120. The molecule has 0 saturated carbocycles. The molecule has 4 nitrogen and oxygen atoms in total. The molecular formula is C15H24N2O2. The third-order valence-corrected chi connectivity index (χ3v) is 3.27. The molecule has 106 valence electrons. The molecule has 0 spiro atoms. The number of nitrogens with two attached hydrogens (primary N) is 1. The molecule has 0 radical (unpaired) electrons. The predicted molar refractivity (Wildman–Crippen MR) is 77.3 cm³/mol. The van der Waals surface area contributed by atoms with Gasteiger partial charge in [0.2, 0.25) is 5.91 Å². The molecule has 3 N–H and O–H groups in total. The molecule has 0 aliphatic rings. The zero-order chi connectivity index (χ0) is 14.3. The van der Waals surface area contributed by atoms with Gasteiger partial charge in [0.1, 0.15) is 18.4 Å². The van der Waals surface area contributed by atoms with Crippen LogP contribution in [0.4, 0.5) is 0 Å². The van der Waals surface area contributed by atoms with E-state index in [0.717, 1.165) is 12.2 Å². The molecule has 0 bridgehead atoms. The van der Waals surface area contributed by atoms with E-state index >= 15 is 0 Å². The summed E-state index contributed by atoms with van der Waals surface area (Å²) >= 11 is 0. The monoisotopic (exact) mass is 264 g/mol. The zero-order valence-corrected chi connectivity index (χ0v) is 12.0. The van der Waals surface area contributed by atoms with Crippen LogP contribution in [-0.4, -0.2) is 25.1 Å². The Labute approximate surface area is 115 Å². The van der Waals surface area contributed by atoms with E-state index in [-0.39, 0.29) is 6.61 Å². The highest BCUT2D eigenvalue weighted by Gasteiger charge is 2.14. The van der Waals surface area contributed by atoms with Crippen LogP contribution in [0.25, 0.3) is 0 Å². The molecular weight excluding hydrogens is 240 g/mol. The highest BCUT2D eigenvalue weighted by molar-refractivity contribution is 5.80. The minimum Gasteiger partial charge on any atom is -0.491 e. The zero-order valence-electron chi connectivity index (χ0n) is 12.0. The third kappa shape index (κ3) is 4.91. The average Bonchev–Trinajstić information content (AvgIpc) is 2.42. The van der Waals surface area contributed by atoms with Crippen molar-refractivity contribution >= 4 is 5.91 Å². The summed E-state index contributed by atoms with van der Waals surface area (Å²) in [6.07, 6.45) is 1.12. The Balaban J connectivity index is 2.55. The van der Waals surface area contributed by atoms with Gasteiger partial charge in [-0.2, -0.15) is 0 Å². The fourth-order valence-corrected chi connectivity index (χ4v) is 1.80. The second-order valence-corrected chi connectivity index (χ2v) is 4.70. The number of amides is 1. The van der Waals surface area contributed by atoms with Gasteiger partial charge in [-0.25, -0.2) is 0 Å². The highest BCUT2D eigenvalue weighted by Crippen LogP contribution is 2.21. The minimum atomic E-state index is -0.445. The normalized spacial score (nSPS) is 13.8. The molecule has 2 atom stereocenters. The Bertz CT molecular complexity index is 390. The fraction of sp³-hybridized carbons (Fsp3) is 0.533. The van der Waals surface area contributed by atoms with Crippen molar-refractivity contribution in [3.8, 4) is 5.75 Å². The second-order valence-electron chi connectivity index (χ2n) is 4.70. The topological polar surface area (TPSA) is 64.3 Å². The highest BCUT2D eigenvalue weighted by atomic mass is 16.5. The van der Waals surface area contributed by atoms with Gasteiger partial charge in [0.05, 0.1) is 0 Å². The Morgan fingerprint density at radius 1 is 1.32 bits per heavy atom. The average molecular weight is 264 g/mol. The Morgan fingerprint density at radius 2 is 1.95 bits per heavy atom. The smallest absolute Gasteiger partial charge is 0.238 e. The summed E-state index contributed by atoms with van der Waals surface area (Å²) in [5.74, 6) is 0.920. The van der Waals surface area contributed by atoms with E-state index in [9.17, 15) is 4.79 Å². The summed E-state index contributed by atoms with van der Waals surface area (Å²) < 4.78 is 5.59. The lowest BCUT2D eigenvalue weighted by atomic mass is 9.99. The van der Waals surface area contributed by atoms with Crippen LogP contribution in [0.3, 0.4) is 0 Å². The van der Waals surface area contributed by atoms with Gasteiger partial charge in [-0.05, 0) is 36.6 Å². The van der Waals surface area contributed by atoms with Gasteiger partial charge in [0, 0.05) is 0 Å². The number of nitrogens with one attached hydrogen (secondary N) is 1. The van der Waals surface area contributed by atoms with Gasteiger partial charge < -0.3 is 15.8 Å². The first-order chi connectivity index (χ1) is 9.08. The first-order valence-electron chi connectivity index (χ1n) is 6.83. The van der Waals surface area contributed by atoms with Gasteiger partial charge >= 0.3 is 0 Å². The van der Waals surface area contributed by atoms with E-state index in [4.69, 9.17) is 10.5 Å². The number of likely N-dealkylation sites (N-methyl/N-ethyl adjacent to an activating group) is 1. The van der Waals surface area contributed by atoms with Crippen LogP contribution in [-0.2, 0) is 4.79 Å². The lowest BCUT2D eigenvalue weighted by Crippen LogP contribution is -2.45. The van der Waals surface area contributed by atoms with Crippen LogP contribution in [0.5, 0.6) is 5.75 Å². The number of ether oxygens (including phenoxy) is 1. The number of rotatable bonds is 8. The Hall–Kier alpha value is -1.55. The number of benzene rings is 1. The molecule has 1 aromatic rings. The molecule has 0 saturated heterocycles. The van der Waals surface area contributed by atoms with Gasteiger partial charge in [0.25, 0.3) is 0 Å². The van der Waals surface area contributed by atoms with E-state index in [1.54, 1.807) is 0 Å². The molecule has 0 fully saturated rings. The molecule has 0 heterocycles. The van der Waals surface area contributed by atoms with Crippen molar-refractivity contribution in [2.75, 3.05) is 13.2 Å². The number of primary amides is 1. The van der Waals surface area contributed by atoms with Crippen molar-refractivity contribution in [2.45, 2.75) is 39.2 Å². The lowest BCUT2D eigenvalue weighted by Gasteiger charge is -2.16. The molecule has 0 aromatic heterocycles. The number of hydrogen-bond acceptors (Lipinski definition) is 3. The summed E-state index contributed by atoms with van der Waals surface area (Å²) in [6.45, 7) is 7.24. The molecule has 2 unspecified atom stereocenters. The third-order valence-electron chi connectivity index (χ3n) is 3.27.